The number of benzene rings is 3. The van der Waals surface area contributed by atoms with E-state index in [1.54, 1.807) is 11.3 Å². The van der Waals surface area contributed by atoms with Crippen LogP contribution < -0.4 is 5.32 Å². The molecule has 6 heteroatoms. The van der Waals surface area contributed by atoms with Crippen LogP contribution in [0.3, 0.4) is 0 Å². The highest BCUT2D eigenvalue weighted by molar-refractivity contribution is 7.16. The zero-order chi connectivity index (χ0) is 29.4. The number of fused-ring (bicyclic) bond motifs is 2. The number of carbonyl (C=O) groups excluding carboxylic acids is 1. The molecule has 1 N–H and O–H groups in total. The standard InChI is InChI=1S/C36H36ClN3OS/c1-23-29(27-15-9-11-17-31(27)40(23)22-24-12-8-10-16-30(24)37)21-38-35-33(34(41)39-26-13-6-5-7-14-26)28-19-18-25(36(2,3)4)20-32(28)42-35/h5-17,21,25H,18-20,22H2,1-4H3,(H,39,41)/t25-/m0/s1. The molecule has 0 bridgehead atoms. The largest absolute Gasteiger partial charge is 0.340 e. The van der Waals surface area contributed by atoms with Crippen LogP contribution >= 0.6 is 22.9 Å². The Bertz CT molecular complexity index is 1790. The quantitative estimate of drug-likeness (QED) is 0.196. The van der Waals surface area contributed by atoms with E-state index in [0.29, 0.717) is 12.5 Å². The Morgan fingerprint density at radius 2 is 1.76 bits per heavy atom. The Morgan fingerprint density at radius 3 is 2.52 bits per heavy atom. The lowest BCUT2D eigenvalue weighted by Gasteiger charge is -2.33. The summed E-state index contributed by atoms with van der Waals surface area (Å²) in [6.45, 7) is 9.76. The normalized spacial score (nSPS) is 15.3. The average molecular weight is 594 g/mol. The van der Waals surface area contributed by atoms with E-state index in [0.717, 1.165) is 68.3 Å². The fourth-order valence-corrected chi connectivity index (χ4v) is 7.56. The molecule has 1 aliphatic rings. The van der Waals surface area contributed by atoms with Gasteiger partial charge in [0.25, 0.3) is 5.91 Å². The smallest absolute Gasteiger partial charge is 0.259 e. The topological polar surface area (TPSA) is 46.4 Å². The number of aromatic nitrogens is 1. The molecule has 0 fully saturated rings. The Labute approximate surface area is 257 Å². The van der Waals surface area contributed by atoms with Crippen LogP contribution in [0, 0.1) is 18.3 Å². The number of nitrogens with one attached hydrogen (secondary N) is 1. The number of rotatable bonds is 6. The fourth-order valence-electron chi connectivity index (χ4n) is 6.10. The third-order valence-electron chi connectivity index (χ3n) is 8.61. The predicted octanol–water partition coefficient (Wildman–Crippen LogP) is 9.87. The first-order valence-corrected chi connectivity index (χ1v) is 15.8. The second kappa shape index (κ2) is 11.5. The van der Waals surface area contributed by atoms with Crippen LogP contribution in [0.5, 0.6) is 0 Å². The lowest BCUT2D eigenvalue weighted by Crippen LogP contribution is -2.27. The minimum atomic E-state index is -0.0853. The summed E-state index contributed by atoms with van der Waals surface area (Å²) in [5, 5.41) is 5.81. The van der Waals surface area contributed by atoms with Gasteiger partial charge in [-0.2, -0.15) is 0 Å². The maximum atomic E-state index is 13.8. The molecule has 0 aliphatic heterocycles. The molecule has 4 nitrogen and oxygen atoms in total. The Morgan fingerprint density at radius 1 is 1.05 bits per heavy atom. The van der Waals surface area contributed by atoms with Gasteiger partial charge in [-0.1, -0.05) is 87.0 Å². The van der Waals surface area contributed by atoms with Crippen LogP contribution in [-0.2, 0) is 19.4 Å². The zero-order valence-electron chi connectivity index (χ0n) is 24.6. The van der Waals surface area contributed by atoms with Gasteiger partial charge in [-0.3, -0.25) is 4.79 Å². The summed E-state index contributed by atoms with van der Waals surface area (Å²) in [6.07, 6.45) is 4.92. The number of thiophene rings is 1. The molecule has 1 atom stereocenters. The lowest BCUT2D eigenvalue weighted by molar-refractivity contribution is 0.102. The second-order valence-electron chi connectivity index (χ2n) is 12.3. The molecule has 1 aliphatic carbocycles. The molecule has 0 radical (unpaired) electrons. The second-order valence-corrected chi connectivity index (χ2v) is 13.8. The summed E-state index contributed by atoms with van der Waals surface area (Å²) in [4.78, 5) is 20.2. The molecule has 0 unspecified atom stereocenters. The van der Waals surface area contributed by atoms with Gasteiger partial charge in [0, 0.05) is 50.5 Å². The predicted molar refractivity (Wildman–Crippen MR) is 178 cm³/mol. The Hall–Kier alpha value is -3.67. The van der Waals surface area contributed by atoms with Crippen LogP contribution in [0.4, 0.5) is 10.7 Å². The molecule has 0 saturated heterocycles. The van der Waals surface area contributed by atoms with Crippen LogP contribution in [0.25, 0.3) is 10.9 Å². The highest BCUT2D eigenvalue weighted by atomic mass is 35.5. The van der Waals surface area contributed by atoms with E-state index in [-0.39, 0.29) is 11.3 Å². The van der Waals surface area contributed by atoms with Crippen molar-refractivity contribution in [2.75, 3.05) is 5.32 Å². The maximum Gasteiger partial charge on any atom is 0.259 e. The van der Waals surface area contributed by atoms with Gasteiger partial charge in [0.15, 0.2) is 0 Å². The molecular weight excluding hydrogens is 558 g/mol. The molecule has 42 heavy (non-hydrogen) atoms. The molecule has 1 amide bonds. The van der Waals surface area contributed by atoms with Crippen molar-refractivity contribution in [1.82, 2.24) is 4.57 Å². The monoisotopic (exact) mass is 593 g/mol. The van der Waals surface area contributed by atoms with Crippen molar-refractivity contribution in [2.45, 2.75) is 53.5 Å². The van der Waals surface area contributed by atoms with Gasteiger partial charge in [-0.25, -0.2) is 4.99 Å². The van der Waals surface area contributed by atoms with Gasteiger partial charge < -0.3 is 9.88 Å². The van der Waals surface area contributed by atoms with Crippen LogP contribution in [-0.4, -0.2) is 16.7 Å². The average Bonchev–Trinajstić information content (AvgIpc) is 3.47. The molecule has 214 valence electrons. The van der Waals surface area contributed by atoms with Crippen molar-refractivity contribution in [3.63, 3.8) is 0 Å². The van der Waals surface area contributed by atoms with Crippen LogP contribution in [0.1, 0.15) is 64.8 Å². The number of aliphatic imine (C=N–C) groups is 1. The van der Waals surface area contributed by atoms with Crippen molar-refractivity contribution >= 4 is 56.7 Å². The van der Waals surface area contributed by atoms with Crippen molar-refractivity contribution in [1.29, 1.82) is 0 Å². The third-order valence-corrected chi connectivity index (χ3v) is 10.1. The molecule has 0 saturated carbocycles. The van der Waals surface area contributed by atoms with Crippen LogP contribution in [0.15, 0.2) is 83.9 Å². The molecule has 6 rings (SSSR count). The lowest BCUT2D eigenvalue weighted by atomic mass is 9.72. The number of amides is 1. The first kappa shape index (κ1) is 28.4. The van der Waals surface area contributed by atoms with E-state index < -0.39 is 0 Å². The van der Waals surface area contributed by atoms with Crippen molar-refractivity contribution in [3.05, 3.63) is 117 Å². The number of para-hydroxylation sites is 2. The molecule has 2 aromatic heterocycles. The number of carbonyl (C=O) groups is 1. The van der Waals surface area contributed by atoms with Crippen molar-refractivity contribution < 1.29 is 4.79 Å². The van der Waals surface area contributed by atoms with Gasteiger partial charge >= 0.3 is 0 Å². The fraction of sp³-hybridized carbons (Fsp3) is 0.278. The maximum absolute atomic E-state index is 13.8. The third kappa shape index (κ3) is 5.56. The SMILES string of the molecule is Cc1c(C=Nc2sc3c(c2C(=O)Nc2ccccc2)CC[C@H](C(C)(C)C)C3)c2ccccc2n1Cc1ccccc1Cl. The van der Waals surface area contributed by atoms with Gasteiger partial charge in [-0.05, 0) is 72.9 Å². The summed E-state index contributed by atoms with van der Waals surface area (Å²) in [6, 6.07) is 26.1. The summed E-state index contributed by atoms with van der Waals surface area (Å²) >= 11 is 8.22. The Kier molecular flexibility index (Phi) is 7.82. The first-order valence-electron chi connectivity index (χ1n) is 14.6. The number of anilines is 1. The van der Waals surface area contributed by atoms with E-state index in [4.69, 9.17) is 16.6 Å². The van der Waals surface area contributed by atoms with Crippen molar-refractivity contribution in [2.24, 2.45) is 16.3 Å². The highest BCUT2D eigenvalue weighted by Gasteiger charge is 2.33. The summed E-state index contributed by atoms with van der Waals surface area (Å²) in [7, 11) is 0. The number of hydrogen-bond donors (Lipinski definition) is 1. The molecular formula is C36H36ClN3OS. The molecule has 0 spiro atoms. The highest BCUT2D eigenvalue weighted by Crippen LogP contribution is 2.45. The van der Waals surface area contributed by atoms with Crippen LogP contribution in [0.2, 0.25) is 5.02 Å². The molecule has 3 aromatic carbocycles. The Balaban J connectivity index is 1.41. The van der Waals surface area contributed by atoms with Gasteiger partial charge in [0.2, 0.25) is 0 Å². The van der Waals surface area contributed by atoms with E-state index in [1.165, 1.54) is 10.4 Å². The molecule has 5 aromatic rings. The zero-order valence-corrected chi connectivity index (χ0v) is 26.1. The number of halogens is 1. The van der Waals surface area contributed by atoms with Gasteiger partial charge in [-0.15, -0.1) is 11.3 Å². The summed E-state index contributed by atoms with van der Waals surface area (Å²) in [5.41, 5.74) is 7.29. The summed E-state index contributed by atoms with van der Waals surface area (Å²) in [5.74, 6) is 0.494. The number of nitrogens with zero attached hydrogens (tertiary/aromatic N) is 2. The van der Waals surface area contributed by atoms with E-state index in [2.05, 4.69) is 67.9 Å². The van der Waals surface area contributed by atoms with Crippen molar-refractivity contribution in [3.8, 4) is 0 Å². The van der Waals surface area contributed by atoms with Gasteiger partial charge in [0.05, 0.1) is 5.56 Å². The first-order chi connectivity index (χ1) is 20.2. The van der Waals surface area contributed by atoms with E-state index in [9.17, 15) is 4.79 Å². The minimum absolute atomic E-state index is 0.0853. The van der Waals surface area contributed by atoms with E-state index >= 15 is 0 Å². The molecule has 2 heterocycles. The van der Waals surface area contributed by atoms with E-state index in [1.807, 2.05) is 54.7 Å². The summed E-state index contributed by atoms with van der Waals surface area (Å²) < 4.78 is 2.30. The number of hydrogen-bond acceptors (Lipinski definition) is 3. The minimum Gasteiger partial charge on any atom is -0.340 e. The van der Waals surface area contributed by atoms with Gasteiger partial charge in [0.1, 0.15) is 5.00 Å².